The molecule has 0 aliphatic rings. The Morgan fingerprint density at radius 1 is 1.08 bits per heavy atom. The number of carbonyl (C=O) groups excluding carboxylic acids is 1. The lowest BCUT2D eigenvalue weighted by Gasteiger charge is -2.11. The number of amides is 1. The van der Waals surface area contributed by atoms with Crippen molar-refractivity contribution in [1.29, 1.82) is 0 Å². The van der Waals surface area contributed by atoms with Gasteiger partial charge in [-0.2, -0.15) is 4.68 Å². The topological polar surface area (TPSA) is 72.7 Å². The number of aromatic nitrogens is 4. The number of carbonyl (C=O) groups is 1. The Morgan fingerprint density at radius 2 is 1.88 bits per heavy atom. The second kappa shape index (κ2) is 6.36. The molecule has 0 atom stereocenters. The number of rotatable bonds is 3. The molecule has 3 aromatic carbocycles. The van der Waals surface area contributed by atoms with E-state index in [0.717, 1.165) is 16.3 Å². The van der Waals surface area contributed by atoms with Gasteiger partial charge < -0.3 is 5.32 Å². The van der Waals surface area contributed by atoms with Gasteiger partial charge in [-0.1, -0.05) is 30.3 Å². The Labute approximate surface area is 148 Å². The van der Waals surface area contributed by atoms with Gasteiger partial charge in [-0.15, -0.1) is 5.10 Å². The van der Waals surface area contributed by atoms with Crippen molar-refractivity contribution in [3.05, 3.63) is 77.9 Å². The second-order valence-electron chi connectivity index (χ2n) is 5.85. The summed E-state index contributed by atoms with van der Waals surface area (Å²) in [6, 6.07) is 15.7. The highest BCUT2D eigenvalue weighted by Crippen LogP contribution is 2.24. The molecule has 0 unspecified atom stereocenters. The third-order valence-electron chi connectivity index (χ3n) is 4.19. The summed E-state index contributed by atoms with van der Waals surface area (Å²) in [5, 5.41) is 15.2. The molecule has 1 N–H and O–H groups in total. The average Bonchev–Trinajstić information content (AvgIpc) is 3.16. The molecule has 0 spiro atoms. The number of halogens is 1. The van der Waals surface area contributed by atoms with Gasteiger partial charge in [0.1, 0.15) is 12.0 Å². The minimum atomic E-state index is -0.538. The molecule has 26 heavy (non-hydrogen) atoms. The van der Waals surface area contributed by atoms with Crippen LogP contribution in [-0.2, 0) is 0 Å². The van der Waals surface area contributed by atoms with Gasteiger partial charge in [0.25, 0.3) is 5.91 Å². The zero-order valence-corrected chi connectivity index (χ0v) is 13.8. The molecule has 1 aromatic heterocycles. The number of nitrogens with zero attached hydrogens (tertiary/aromatic N) is 4. The van der Waals surface area contributed by atoms with Gasteiger partial charge in [0.05, 0.1) is 0 Å². The Balaban J connectivity index is 1.65. The first-order valence-corrected chi connectivity index (χ1v) is 7.96. The number of fused-ring (bicyclic) bond motifs is 1. The number of aryl methyl sites for hydroxylation is 1. The van der Waals surface area contributed by atoms with Crippen LogP contribution in [0, 0.1) is 12.7 Å². The summed E-state index contributed by atoms with van der Waals surface area (Å²) in [5.74, 6) is -0.834. The van der Waals surface area contributed by atoms with Crippen LogP contribution >= 0.6 is 0 Å². The molecule has 0 fully saturated rings. The fraction of sp³-hybridized carbons (Fsp3) is 0.0526. The van der Waals surface area contributed by atoms with E-state index < -0.39 is 5.82 Å². The smallest absolute Gasteiger partial charge is 0.256 e. The maximum absolute atomic E-state index is 14.3. The van der Waals surface area contributed by atoms with E-state index in [2.05, 4.69) is 20.8 Å². The molecule has 4 rings (SSSR count). The molecule has 4 aromatic rings. The SMILES string of the molecule is Cc1ccc(C(=O)Nc2ccc(-n3cnnn3)c(F)c2)c2ccccc12. The summed E-state index contributed by atoms with van der Waals surface area (Å²) < 4.78 is 15.5. The van der Waals surface area contributed by atoms with Gasteiger partial charge in [-0.3, -0.25) is 4.79 Å². The van der Waals surface area contributed by atoms with Gasteiger partial charge in [0, 0.05) is 11.3 Å². The summed E-state index contributed by atoms with van der Waals surface area (Å²) >= 11 is 0. The van der Waals surface area contributed by atoms with Crippen LogP contribution in [0.4, 0.5) is 10.1 Å². The average molecular weight is 347 g/mol. The molecule has 1 heterocycles. The quantitative estimate of drug-likeness (QED) is 0.615. The summed E-state index contributed by atoms with van der Waals surface area (Å²) in [7, 11) is 0. The van der Waals surface area contributed by atoms with E-state index in [-0.39, 0.29) is 11.6 Å². The zero-order chi connectivity index (χ0) is 18.1. The van der Waals surface area contributed by atoms with Crippen molar-refractivity contribution in [3.63, 3.8) is 0 Å². The molecule has 128 valence electrons. The van der Waals surface area contributed by atoms with Crippen LogP contribution in [0.1, 0.15) is 15.9 Å². The van der Waals surface area contributed by atoms with E-state index in [1.807, 2.05) is 37.3 Å². The number of hydrogen-bond donors (Lipinski definition) is 1. The highest BCUT2D eigenvalue weighted by Gasteiger charge is 2.13. The van der Waals surface area contributed by atoms with Crippen molar-refractivity contribution in [2.45, 2.75) is 6.92 Å². The van der Waals surface area contributed by atoms with Crippen molar-refractivity contribution in [3.8, 4) is 5.69 Å². The lowest BCUT2D eigenvalue weighted by Crippen LogP contribution is -2.13. The van der Waals surface area contributed by atoms with E-state index in [1.165, 1.54) is 23.1 Å². The van der Waals surface area contributed by atoms with Crippen molar-refractivity contribution in [1.82, 2.24) is 20.2 Å². The highest BCUT2D eigenvalue weighted by atomic mass is 19.1. The number of nitrogens with one attached hydrogen (secondary N) is 1. The molecule has 0 aliphatic carbocycles. The second-order valence-corrected chi connectivity index (χ2v) is 5.85. The molecule has 0 aliphatic heterocycles. The van der Waals surface area contributed by atoms with Gasteiger partial charge in [0.15, 0.2) is 5.82 Å². The van der Waals surface area contributed by atoms with Crippen LogP contribution in [0.2, 0.25) is 0 Å². The molecule has 0 bridgehead atoms. The van der Waals surface area contributed by atoms with Crippen LogP contribution in [0.5, 0.6) is 0 Å². The zero-order valence-electron chi connectivity index (χ0n) is 13.8. The number of tetrazole rings is 1. The van der Waals surface area contributed by atoms with Crippen molar-refractivity contribution < 1.29 is 9.18 Å². The van der Waals surface area contributed by atoms with E-state index in [4.69, 9.17) is 0 Å². The molecule has 0 saturated carbocycles. The van der Waals surface area contributed by atoms with Crippen LogP contribution in [0.3, 0.4) is 0 Å². The number of anilines is 1. The van der Waals surface area contributed by atoms with E-state index in [0.29, 0.717) is 11.3 Å². The minimum Gasteiger partial charge on any atom is -0.322 e. The van der Waals surface area contributed by atoms with Crippen molar-refractivity contribution >= 4 is 22.4 Å². The first-order chi connectivity index (χ1) is 12.6. The Hall–Kier alpha value is -3.61. The van der Waals surface area contributed by atoms with Crippen molar-refractivity contribution in [2.24, 2.45) is 0 Å². The Morgan fingerprint density at radius 3 is 2.62 bits per heavy atom. The maximum atomic E-state index is 14.3. The first kappa shape index (κ1) is 15.9. The van der Waals surface area contributed by atoms with Crippen LogP contribution < -0.4 is 5.32 Å². The molecule has 0 saturated heterocycles. The minimum absolute atomic E-state index is 0.203. The van der Waals surface area contributed by atoms with Gasteiger partial charge in [-0.05, 0) is 58.0 Å². The number of benzene rings is 3. The first-order valence-electron chi connectivity index (χ1n) is 7.96. The largest absolute Gasteiger partial charge is 0.322 e. The van der Waals surface area contributed by atoms with Crippen LogP contribution in [-0.4, -0.2) is 26.1 Å². The standard InChI is InChI=1S/C19H14FN5O/c1-12-6-8-16(15-5-3-2-4-14(12)15)19(26)22-13-7-9-18(17(20)10-13)25-11-21-23-24-25/h2-11H,1H3,(H,22,26). The van der Waals surface area contributed by atoms with Crippen molar-refractivity contribution in [2.75, 3.05) is 5.32 Å². The molecule has 7 heteroatoms. The number of hydrogen-bond acceptors (Lipinski definition) is 4. The fourth-order valence-electron chi connectivity index (χ4n) is 2.89. The monoisotopic (exact) mass is 347 g/mol. The molecule has 0 radical (unpaired) electrons. The third kappa shape index (κ3) is 2.79. The summed E-state index contributed by atoms with van der Waals surface area (Å²) in [6.07, 6.45) is 1.30. The molecule has 1 amide bonds. The van der Waals surface area contributed by atoms with Gasteiger partial charge in [0.2, 0.25) is 0 Å². The van der Waals surface area contributed by atoms with Gasteiger partial charge in [-0.25, -0.2) is 4.39 Å². The van der Waals surface area contributed by atoms with E-state index in [9.17, 15) is 9.18 Å². The summed E-state index contributed by atoms with van der Waals surface area (Å²) in [6.45, 7) is 2.00. The summed E-state index contributed by atoms with van der Waals surface area (Å²) in [4.78, 5) is 12.7. The predicted molar refractivity (Wildman–Crippen MR) is 95.8 cm³/mol. The molecule has 6 nitrogen and oxygen atoms in total. The fourth-order valence-corrected chi connectivity index (χ4v) is 2.89. The molecular formula is C19H14FN5O. The lowest BCUT2D eigenvalue weighted by molar-refractivity contribution is 0.102. The lowest BCUT2D eigenvalue weighted by atomic mass is 10.00. The van der Waals surface area contributed by atoms with E-state index >= 15 is 0 Å². The van der Waals surface area contributed by atoms with Crippen LogP contribution in [0.15, 0.2) is 60.9 Å². The normalized spacial score (nSPS) is 10.8. The molecular weight excluding hydrogens is 333 g/mol. The Bertz CT molecular complexity index is 1110. The Kier molecular flexibility index (Phi) is 3.89. The predicted octanol–water partition coefficient (Wildman–Crippen LogP) is 3.52. The summed E-state index contributed by atoms with van der Waals surface area (Å²) in [5.41, 5.74) is 2.19. The van der Waals surface area contributed by atoms with E-state index in [1.54, 1.807) is 12.1 Å². The highest BCUT2D eigenvalue weighted by molar-refractivity contribution is 6.13. The maximum Gasteiger partial charge on any atom is 0.256 e. The third-order valence-corrected chi connectivity index (χ3v) is 4.19. The van der Waals surface area contributed by atoms with Crippen LogP contribution in [0.25, 0.3) is 16.5 Å². The van der Waals surface area contributed by atoms with Gasteiger partial charge >= 0.3 is 0 Å².